The molecule has 4 nitrogen and oxygen atoms in total. The van der Waals surface area contributed by atoms with Crippen LogP contribution in [0.4, 0.5) is 0 Å². The number of Topliss-reactive ketones (excluding diaryl/α,β-unsaturated/α-hetero) is 1. The van der Waals surface area contributed by atoms with Gasteiger partial charge in [0, 0.05) is 6.42 Å². The number of carbonyl (C=O) groups is 2. The molecule has 0 spiro atoms. The van der Waals surface area contributed by atoms with Crippen LogP contribution < -0.4 is 0 Å². The Hall–Kier alpha value is -0.900. The van der Waals surface area contributed by atoms with Gasteiger partial charge < -0.3 is 9.47 Å². The van der Waals surface area contributed by atoms with Gasteiger partial charge >= 0.3 is 5.97 Å². The van der Waals surface area contributed by atoms with Crippen LogP contribution in [-0.2, 0) is 19.1 Å². The molecule has 1 aliphatic heterocycles. The fraction of sp³-hybridized carbons (Fsp3) is 0.833. The summed E-state index contributed by atoms with van der Waals surface area (Å²) < 4.78 is 10.2. The minimum atomic E-state index is -0.563. The summed E-state index contributed by atoms with van der Waals surface area (Å²) in [4.78, 5) is 22.3. The van der Waals surface area contributed by atoms with Crippen LogP contribution in [0.25, 0.3) is 0 Å². The number of carbonyl (C=O) groups excluding carboxylic acids is 2. The van der Waals surface area contributed by atoms with Gasteiger partial charge in [-0.05, 0) is 27.2 Å². The number of ether oxygens (including phenoxy) is 2. The molecule has 1 heterocycles. The van der Waals surface area contributed by atoms with Crippen molar-refractivity contribution in [3.63, 3.8) is 0 Å². The van der Waals surface area contributed by atoms with E-state index in [4.69, 9.17) is 9.47 Å². The molecule has 1 saturated heterocycles. The first-order valence-corrected chi connectivity index (χ1v) is 5.74. The lowest BCUT2D eigenvalue weighted by molar-refractivity contribution is -0.172. The maximum Gasteiger partial charge on any atom is 0.335 e. The minimum Gasteiger partial charge on any atom is -0.458 e. The first-order valence-electron chi connectivity index (χ1n) is 5.74. The Balaban J connectivity index is 0.00000106. The Labute approximate surface area is 97.3 Å². The van der Waals surface area contributed by atoms with Crippen LogP contribution in [0.5, 0.6) is 0 Å². The van der Waals surface area contributed by atoms with Gasteiger partial charge in [0.2, 0.25) is 0 Å². The summed E-state index contributed by atoms with van der Waals surface area (Å²) >= 11 is 0. The molecule has 1 atom stereocenters. The second-order valence-electron chi connectivity index (χ2n) is 4.41. The Bertz CT molecular complexity index is 230. The van der Waals surface area contributed by atoms with Crippen molar-refractivity contribution in [3.8, 4) is 0 Å². The van der Waals surface area contributed by atoms with Crippen molar-refractivity contribution < 1.29 is 19.1 Å². The summed E-state index contributed by atoms with van der Waals surface area (Å²) in [7, 11) is 0. The number of hydrogen-bond donors (Lipinski definition) is 0. The molecule has 0 bridgehead atoms. The molecule has 0 saturated carbocycles. The molecule has 4 heteroatoms. The average Bonchev–Trinajstić information content (AvgIpc) is 2.19. The fourth-order valence-electron chi connectivity index (χ4n) is 1.19. The van der Waals surface area contributed by atoms with Crippen molar-refractivity contribution in [3.05, 3.63) is 0 Å². The van der Waals surface area contributed by atoms with Crippen LogP contribution >= 0.6 is 0 Å². The van der Waals surface area contributed by atoms with E-state index in [0.717, 1.165) is 0 Å². The zero-order valence-corrected chi connectivity index (χ0v) is 10.8. The minimum absolute atomic E-state index is 0.0317. The second kappa shape index (κ2) is 6.63. The third-order valence-corrected chi connectivity index (χ3v) is 1.80. The van der Waals surface area contributed by atoms with Crippen molar-refractivity contribution in [2.75, 3.05) is 6.61 Å². The first-order chi connectivity index (χ1) is 7.38. The topological polar surface area (TPSA) is 52.6 Å². The van der Waals surface area contributed by atoms with Gasteiger partial charge in [0.05, 0.1) is 0 Å². The Morgan fingerprint density at radius 1 is 1.38 bits per heavy atom. The van der Waals surface area contributed by atoms with Gasteiger partial charge in [0.1, 0.15) is 12.2 Å². The molecule has 1 rings (SSSR count). The smallest absolute Gasteiger partial charge is 0.335 e. The van der Waals surface area contributed by atoms with E-state index >= 15 is 0 Å². The molecule has 1 unspecified atom stereocenters. The Morgan fingerprint density at radius 3 is 2.31 bits per heavy atom. The molecule has 0 N–H and O–H groups in total. The number of hydrogen-bond acceptors (Lipinski definition) is 4. The Kier molecular flexibility index (Phi) is 6.26. The predicted molar refractivity (Wildman–Crippen MR) is 61.2 cm³/mol. The van der Waals surface area contributed by atoms with E-state index in [2.05, 4.69) is 0 Å². The summed E-state index contributed by atoms with van der Waals surface area (Å²) in [5.41, 5.74) is -0.498. The van der Waals surface area contributed by atoms with Crippen molar-refractivity contribution in [2.24, 2.45) is 0 Å². The summed E-state index contributed by atoms with van der Waals surface area (Å²) in [5, 5.41) is 0. The van der Waals surface area contributed by atoms with Gasteiger partial charge in [-0.3, -0.25) is 4.79 Å². The standard InChI is InChI=1S/C10H16O4.C2H6/c1-10(2,3)14-9(12)8-5-4-7(11)6-13-8;1-2/h8H,4-6H2,1-3H3;1-2H3. The fourth-order valence-corrected chi connectivity index (χ4v) is 1.19. The van der Waals surface area contributed by atoms with E-state index in [9.17, 15) is 9.59 Å². The molecular weight excluding hydrogens is 208 g/mol. The molecule has 0 radical (unpaired) electrons. The molecule has 0 aromatic carbocycles. The van der Waals surface area contributed by atoms with E-state index in [1.165, 1.54) is 0 Å². The SMILES string of the molecule is CC.CC(C)(C)OC(=O)C1CCC(=O)CO1. The number of ketones is 1. The molecule has 1 fully saturated rings. The molecule has 0 aliphatic carbocycles. The van der Waals surface area contributed by atoms with Crippen LogP contribution in [-0.4, -0.2) is 30.1 Å². The molecule has 0 aromatic heterocycles. The molecule has 94 valence electrons. The lowest BCUT2D eigenvalue weighted by atomic mass is 10.1. The third-order valence-electron chi connectivity index (χ3n) is 1.80. The maximum absolute atomic E-state index is 11.5. The quantitative estimate of drug-likeness (QED) is 0.647. The van der Waals surface area contributed by atoms with Gasteiger partial charge in [-0.15, -0.1) is 0 Å². The van der Waals surface area contributed by atoms with E-state index in [1.807, 2.05) is 13.8 Å². The van der Waals surface area contributed by atoms with E-state index in [-0.39, 0.29) is 18.4 Å². The average molecular weight is 230 g/mol. The van der Waals surface area contributed by atoms with Gasteiger partial charge in [0.25, 0.3) is 0 Å². The monoisotopic (exact) mass is 230 g/mol. The molecule has 16 heavy (non-hydrogen) atoms. The lowest BCUT2D eigenvalue weighted by Gasteiger charge is -2.25. The highest BCUT2D eigenvalue weighted by molar-refractivity contribution is 5.83. The summed E-state index contributed by atoms with van der Waals surface area (Å²) in [6.07, 6.45) is 0.282. The molecular formula is C12H22O4. The highest BCUT2D eigenvalue weighted by Gasteiger charge is 2.29. The van der Waals surface area contributed by atoms with Crippen LogP contribution in [0.2, 0.25) is 0 Å². The van der Waals surface area contributed by atoms with Gasteiger partial charge in [-0.25, -0.2) is 4.79 Å². The number of rotatable bonds is 1. The predicted octanol–water partition coefficient (Wildman–Crippen LogP) is 2.10. The van der Waals surface area contributed by atoms with Crippen molar-refractivity contribution in [2.45, 2.75) is 59.2 Å². The summed E-state index contributed by atoms with van der Waals surface area (Å²) in [6.45, 7) is 9.44. The van der Waals surface area contributed by atoms with Crippen molar-refractivity contribution >= 4 is 11.8 Å². The highest BCUT2D eigenvalue weighted by Crippen LogP contribution is 2.15. The van der Waals surface area contributed by atoms with Crippen LogP contribution in [0, 0.1) is 0 Å². The zero-order valence-electron chi connectivity index (χ0n) is 10.8. The van der Waals surface area contributed by atoms with Crippen molar-refractivity contribution in [1.29, 1.82) is 0 Å². The zero-order chi connectivity index (χ0) is 12.8. The van der Waals surface area contributed by atoms with Crippen LogP contribution in [0.1, 0.15) is 47.5 Å². The lowest BCUT2D eigenvalue weighted by Crippen LogP contribution is -2.37. The summed E-state index contributed by atoms with van der Waals surface area (Å²) in [5.74, 6) is -0.324. The summed E-state index contributed by atoms with van der Waals surface area (Å²) in [6, 6.07) is 0. The largest absolute Gasteiger partial charge is 0.458 e. The molecule has 0 amide bonds. The van der Waals surface area contributed by atoms with Crippen molar-refractivity contribution in [1.82, 2.24) is 0 Å². The Morgan fingerprint density at radius 2 is 1.94 bits per heavy atom. The van der Waals surface area contributed by atoms with E-state index in [1.54, 1.807) is 20.8 Å². The van der Waals surface area contributed by atoms with E-state index < -0.39 is 11.7 Å². The normalized spacial score (nSPS) is 20.8. The number of esters is 1. The van der Waals surface area contributed by atoms with E-state index in [0.29, 0.717) is 12.8 Å². The van der Waals surface area contributed by atoms with Crippen LogP contribution in [0.3, 0.4) is 0 Å². The van der Waals surface area contributed by atoms with Crippen LogP contribution in [0.15, 0.2) is 0 Å². The molecule has 0 aromatic rings. The maximum atomic E-state index is 11.5. The van der Waals surface area contributed by atoms with Gasteiger partial charge in [0.15, 0.2) is 11.9 Å². The van der Waals surface area contributed by atoms with Gasteiger partial charge in [-0.2, -0.15) is 0 Å². The van der Waals surface area contributed by atoms with Gasteiger partial charge in [-0.1, -0.05) is 13.8 Å². The first kappa shape index (κ1) is 15.1. The second-order valence-corrected chi connectivity index (χ2v) is 4.41. The molecule has 1 aliphatic rings. The highest BCUT2D eigenvalue weighted by atomic mass is 16.6. The third kappa shape index (κ3) is 5.85.